The molecule has 1 aromatic carbocycles. The summed E-state index contributed by atoms with van der Waals surface area (Å²) in [6, 6.07) is 3.44. The molecule has 1 N–H and O–H groups in total. The van der Waals surface area contributed by atoms with Crippen LogP contribution in [-0.4, -0.2) is 19.5 Å². The highest BCUT2D eigenvalue weighted by Crippen LogP contribution is 2.31. The number of nitrogens with one attached hydrogen (secondary N) is 1. The van der Waals surface area contributed by atoms with Crippen LogP contribution in [0.5, 0.6) is 0 Å². The molecule has 0 radical (unpaired) electrons. The Morgan fingerprint density at radius 3 is 2.68 bits per heavy atom. The summed E-state index contributed by atoms with van der Waals surface area (Å²) in [5, 5.41) is 0. The Morgan fingerprint density at radius 2 is 2.05 bits per heavy atom. The molecule has 0 amide bonds. The largest absolute Gasteiger partial charge is 0.416 e. The Morgan fingerprint density at radius 1 is 1.26 bits per heavy atom. The van der Waals surface area contributed by atoms with Gasteiger partial charge in [0.2, 0.25) is 0 Å². The number of hydrogen-bond acceptors (Lipinski definition) is 2. The number of alkyl halides is 3. The second-order valence-electron chi connectivity index (χ2n) is 4.20. The fourth-order valence-corrected chi connectivity index (χ4v) is 1.89. The predicted octanol–water partition coefficient (Wildman–Crippen LogP) is 2.98. The molecule has 0 atom stereocenters. The van der Waals surface area contributed by atoms with Gasteiger partial charge >= 0.3 is 6.18 Å². The number of H-pyrrole nitrogens is 1. The van der Waals surface area contributed by atoms with Gasteiger partial charge in [-0.05, 0) is 18.2 Å². The van der Waals surface area contributed by atoms with Crippen LogP contribution in [0, 0.1) is 0 Å². The molecule has 0 aliphatic carbocycles. The van der Waals surface area contributed by atoms with E-state index in [9.17, 15) is 13.2 Å². The predicted molar refractivity (Wildman–Crippen MR) is 63.3 cm³/mol. The maximum absolute atomic E-state index is 12.6. The quantitative estimate of drug-likeness (QED) is 0.736. The molecule has 0 bridgehead atoms. The SMILES string of the molecule is Cn1cncc1-c1nc2ccc(C(F)(F)F)cc2[nH]1. The summed E-state index contributed by atoms with van der Waals surface area (Å²) in [6.45, 7) is 0. The van der Waals surface area contributed by atoms with E-state index in [-0.39, 0.29) is 0 Å². The zero-order valence-corrected chi connectivity index (χ0v) is 9.86. The number of nitrogens with zero attached hydrogens (tertiary/aromatic N) is 3. The first kappa shape index (κ1) is 11.8. The summed E-state index contributed by atoms with van der Waals surface area (Å²) in [6.07, 6.45) is -1.15. The molecule has 2 heterocycles. The van der Waals surface area contributed by atoms with Crippen molar-refractivity contribution in [1.29, 1.82) is 0 Å². The second kappa shape index (κ2) is 3.84. The average Bonchev–Trinajstić information content (AvgIpc) is 2.91. The highest BCUT2D eigenvalue weighted by Gasteiger charge is 2.30. The van der Waals surface area contributed by atoms with Gasteiger partial charge in [0.05, 0.1) is 29.1 Å². The van der Waals surface area contributed by atoms with Gasteiger partial charge in [0.15, 0.2) is 5.82 Å². The van der Waals surface area contributed by atoms with E-state index in [0.29, 0.717) is 22.6 Å². The number of aryl methyl sites for hydroxylation is 1. The molecular weight excluding hydrogens is 257 g/mol. The van der Waals surface area contributed by atoms with Crippen LogP contribution in [0.1, 0.15) is 5.56 Å². The van der Waals surface area contributed by atoms with Crippen LogP contribution in [0.15, 0.2) is 30.7 Å². The van der Waals surface area contributed by atoms with E-state index in [2.05, 4.69) is 15.0 Å². The molecule has 3 rings (SSSR count). The van der Waals surface area contributed by atoms with Crippen LogP contribution in [-0.2, 0) is 13.2 Å². The Balaban J connectivity index is 2.14. The van der Waals surface area contributed by atoms with Gasteiger partial charge in [-0.25, -0.2) is 9.97 Å². The van der Waals surface area contributed by atoms with Crippen molar-refractivity contribution in [2.24, 2.45) is 7.05 Å². The minimum atomic E-state index is -4.36. The highest BCUT2D eigenvalue weighted by atomic mass is 19.4. The summed E-state index contributed by atoms with van der Waals surface area (Å²) in [7, 11) is 1.79. The van der Waals surface area contributed by atoms with Gasteiger partial charge in [0.25, 0.3) is 0 Å². The van der Waals surface area contributed by atoms with Crippen LogP contribution in [0.3, 0.4) is 0 Å². The van der Waals surface area contributed by atoms with Crippen LogP contribution >= 0.6 is 0 Å². The third-order valence-corrected chi connectivity index (χ3v) is 2.87. The zero-order chi connectivity index (χ0) is 13.6. The molecule has 0 aliphatic rings. The molecule has 7 heteroatoms. The first-order valence-corrected chi connectivity index (χ1v) is 5.49. The van der Waals surface area contributed by atoms with Gasteiger partial charge in [-0.3, -0.25) is 0 Å². The maximum Gasteiger partial charge on any atom is 0.416 e. The third kappa shape index (κ3) is 1.96. The van der Waals surface area contributed by atoms with E-state index in [1.165, 1.54) is 6.07 Å². The lowest BCUT2D eigenvalue weighted by atomic mass is 10.2. The van der Waals surface area contributed by atoms with E-state index in [1.807, 2.05) is 0 Å². The van der Waals surface area contributed by atoms with Crippen molar-refractivity contribution in [1.82, 2.24) is 19.5 Å². The Hall–Kier alpha value is -2.31. The molecule has 0 spiro atoms. The van der Waals surface area contributed by atoms with Gasteiger partial charge in [-0.15, -0.1) is 0 Å². The average molecular weight is 266 g/mol. The molecule has 0 saturated carbocycles. The van der Waals surface area contributed by atoms with Crippen LogP contribution in [0.25, 0.3) is 22.6 Å². The van der Waals surface area contributed by atoms with Gasteiger partial charge in [0, 0.05) is 7.05 Å². The van der Waals surface area contributed by atoms with E-state index in [4.69, 9.17) is 0 Å². The number of imidazole rings is 2. The summed E-state index contributed by atoms with van der Waals surface area (Å²) in [4.78, 5) is 11.1. The minimum absolute atomic E-state index is 0.353. The monoisotopic (exact) mass is 266 g/mol. The van der Waals surface area contributed by atoms with Crippen molar-refractivity contribution in [2.45, 2.75) is 6.18 Å². The normalized spacial score (nSPS) is 12.2. The first-order chi connectivity index (χ1) is 8.95. The highest BCUT2D eigenvalue weighted by molar-refractivity contribution is 5.79. The molecule has 98 valence electrons. The molecule has 4 nitrogen and oxygen atoms in total. The standard InChI is InChI=1S/C12H9F3N4/c1-19-6-16-5-10(19)11-17-8-3-2-7(12(13,14)15)4-9(8)18-11/h2-6H,1H3,(H,17,18). The lowest BCUT2D eigenvalue weighted by molar-refractivity contribution is -0.137. The van der Waals surface area contributed by atoms with Gasteiger partial charge in [0.1, 0.15) is 5.69 Å². The van der Waals surface area contributed by atoms with Gasteiger partial charge < -0.3 is 9.55 Å². The van der Waals surface area contributed by atoms with Crippen molar-refractivity contribution in [3.8, 4) is 11.5 Å². The smallest absolute Gasteiger partial charge is 0.337 e. The molecule has 0 fully saturated rings. The summed E-state index contributed by atoms with van der Waals surface area (Å²) in [5.74, 6) is 0.495. The Bertz CT molecular complexity index is 739. The molecule has 0 unspecified atom stereocenters. The number of benzene rings is 1. The number of aromatic amines is 1. The van der Waals surface area contributed by atoms with E-state index >= 15 is 0 Å². The zero-order valence-electron chi connectivity index (χ0n) is 9.86. The summed E-state index contributed by atoms with van der Waals surface area (Å²) in [5.41, 5.74) is 0.861. The maximum atomic E-state index is 12.6. The second-order valence-corrected chi connectivity index (χ2v) is 4.20. The van der Waals surface area contributed by atoms with Crippen molar-refractivity contribution in [2.75, 3.05) is 0 Å². The summed E-state index contributed by atoms with van der Waals surface area (Å²) >= 11 is 0. The van der Waals surface area contributed by atoms with Gasteiger partial charge in [-0.2, -0.15) is 13.2 Å². The third-order valence-electron chi connectivity index (χ3n) is 2.87. The fourth-order valence-electron chi connectivity index (χ4n) is 1.89. The van der Waals surface area contributed by atoms with Crippen molar-refractivity contribution in [3.63, 3.8) is 0 Å². The molecule has 0 aliphatic heterocycles. The molecule has 2 aromatic heterocycles. The van der Waals surface area contributed by atoms with Gasteiger partial charge in [-0.1, -0.05) is 0 Å². The van der Waals surface area contributed by atoms with E-state index < -0.39 is 11.7 Å². The van der Waals surface area contributed by atoms with E-state index in [1.54, 1.807) is 24.1 Å². The Labute approximate surface area is 105 Å². The lowest BCUT2D eigenvalue weighted by Crippen LogP contribution is -2.04. The van der Waals surface area contributed by atoms with Crippen molar-refractivity contribution >= 4 is 11.0 Å². The first-order valence-electron chi connectivity index (χ1n) is 5.49. The van der Waals surface area contributed by atoms with Crippen LogP contribution in [0.4, 0.5) is 13.2 Å². The van der Waals surface area contributed by atoms with Crippen molar-refractivity contribution in [3.05, 3.63) is 36.3 Å². The minimum Gasteiger partial charge on any atom is -0.337 e. The number of aromatic nitrogens is 4. The molecule has 3 aromatic rings. The number of fused-ring (bicyclic) bond motifs is 1. The number of halogens is 3. The lowest BCUT2D eigenvalue weighted by Gasteiger charge is -2.05. The molecular formula is C12H9F3N4. The topological polar surface area (TPSA) is 46.5 Å². The number of rotatable bonds is 1. The Kier molecular flexibility index (Phi) is 2.38. The van der Waals surface area contributed by atoms with Crippen molar-refractivity contribution < 1.29 is 13.2 Å². The number of hydrogen-bond donors (Lipinski definition) is 1. The summed E-state index contributed by atoms with van der Waals surface area (Å²) < 4.78 is 39.6. The fraction of sp³-hybridized carbons (Fsp3) is 0.167. The van der Waals surface area contributed by atoms with Crippen LogP contribution < -0.4 is 0 Å². The van der Waals surface area contributed by atoms with Crippen LogP contribution in [0.2, 0.25) is 0 Å². The molecule has 19 heavy (non-hydrogen) atoms. The van der Waals surface area contributed by atoms with E-state index in [0.717, 1.165) is 12.1 Å². The molecule has 0 saturated heterocycles.